The molecular weight excluding hydrogens is 260 g/mol. The van der Waals surface area contributed by atoms with Crippen molar-refractivity contribution >= 4 is 17.4 Å². The summed E-state index contributed by atoms with van der Waals surface area (Å²) in [7, 11) is 0. The summed E-state index contributed by atoms with van der Waals surface area (Å²) in [5, 5.41) is 9.59. The molecule has 0 fully saturated rings. The van der Waals surface area contributed by atoms with Gasteiger partial charge in [0.2, 0.25) is 0 Å². The summed E-state index contributed by atoms with van der Waals surface area (Å²) in [6, 6.07) is 9.38. The Balaban J connectivity index is 2.25. The molecule has 0 spiro atoms. The van der Waals surface area contributed by atoms with Gasteiger partial charge in [-0.15, -0.1) is 0 Å². The van der Waals surface area contributed by atoms with Gasteiger partial charge < -0.3 is 4.90 Å². The first kappa shape index (κ1) is 13.3. The van der Waals surface area contributed by atoms with Gasteiger partial charge in [-0.25, -0.2) is 9.97 Å². The minimum absolute atomic E-state index is 0.474. The molecule has 0 unspecified atom stereocenters. The first-order valence-corrected chi connectivity index (χ1v) is 6.33. The van der Waals surface area contributed by atoms with Gasteiger partial charge in [0, 0.05) is 25.5 Å². The zero-order valence-corrected chi connectivity index (χ0v) is 11.3. The number of nitrogens with zero attached hydrogens (tertiary/aromatic N) is 4. The molecular formula is C14H13ClN4. The number of aromatic nitrogens is 2. The lowest BCUT2D eigenvalue weighted by Gasteiger charge is -2.22. The minimum Gasteiger partial charge on any atom is -0.351 e. The molecule has 4 nitrogen and oxygen atoms in total. The van der Waals surface area contributed by atoms with Crippen LogP contribution in [0.15, 0.2) is 36.7 Å². The van der Waals surface area contributed by atoms with Gasteiger partial charge in [-0.2, -0.15) is 5.26 Å². The second kappa shape index (κ2) is 6.17. The fourth-order valence-corrected chi connectivity index (χ4v) is 1.90. The van der Waals surface area contributed by atoms with E-state index >= 15 is 0 Å². The highest BCUT2D eigenvalue weighted by Gasteiger charge is 2.11. The zero-order chi connectivity index (χ0) is 13.7. The van der Waals surface area contributed by atoms with Crippen LogP contribution < -0.4 is 4.90 Å². The van der Waals surface area contributed by atoms with E-state index in [1.807, 2.05) is 17.9 Å². The number of hydrogen-bond donors (Lipinski definition) is 0. The topological polar surface area (TPSA) is 52.8 Å². The molecule has 96 valence electrons. The number of rotatable bonds is 4. The van der Waals surface area contributed by atoms with Crippen molar-refractivity contribution in [2.75, 3.05) is 11.4 Å². The van der Waals surface area contributed by atoms with Crippen LogP contribution in [0.25, 0.3) is 0 Å². The molecule has 2 aromatic rings. The third kappa shape index (κ3) is 3.21. The average molecular weight is 273 g/mol. The van der Waals surface area contributed by atoms with Crippen LogP contribution in [0, 0.1) is 11.3 Å². The maximum absolute atomic E-state index is 9.12. The van der Waals surface area contributed by atoms with Gasteiger partial charge in [-0.3, -0.25) is 0 Å². The van der Waals surface area contributed by atoms with Crippen LogP contribution in [0.3, 0.4) is 0 Å². The highest BCUT2D eigenvalue weighted by molar-refractivity contribution is 6.29. The third-order valence-electron chi connectivity index (χ3n) is 2.75. The molecule has 0 saturated carbocycles. The Bertz CT molecular complexity index is 589. The Kier molecular flexibility index (Phi) is 4.32. The number of nitriles is 1. The first-order chi connectivity index (χ1) is 9.24. The Morgan fingerprint density at radius 2 is 2.16 bits per heavy atom. The SMILES string of the molecule is CCN(Cc1ccc(Cl)nc1)c1ncccc1C#N. The van der Waals surface area contributed by atoms with E-state index in [2.05, 4.69) is 16.0 Å². The smallest absolute Gasteiger partial charge is 0.146 e. The predicted octanol–water partition coefficient (Wildman–Crippen LogP) is 3.03. The van der Waals surface area contributed by atoms with Gasteiger partial charge in [0.05, 0.1) is 5.56 Å². The normalized spacial score (nSPS) is 9.95. The van der Waals surface area contributed by atoms with Gasteiger partial charge in [-0.05, 0) is 30.7 Å². The van der Waals surface area contributed by atoms with Crippen LogP contribution in [0.2, 0.25) is 5.15 Å². The second-order valence-electron chi connectivity index (χ2n) is 3.99. The molecule has 0 aromatic carbocycles. The van der Waals surface area contributed by atoms with Crippen molar-refractivity contribution in [3.63, 3.8) is 0 Å². The largest absolute Gasteiger partial charge is 0.351 e. The van der Waals surface area contributed by atoms with Crippen molar-refractivity contribution < 1.29 is 0 Å². The summed E-state index contributed by atoms with van der Waals surface area (Å²) < 4.78 is 0. The summed E-state index contributed by atoms with van der Waals surface area (Å²) in [6.45, 7) is 3.43. The molecule has 0 atom stereocenters. The first-order valence-electron chi connectivity index (χ1n) is 5.95. The van der Waals surface area contributed by atoms with Crippen LogP contribution >= 0.6 is 11.6 Å². The molecule has 0 aliphatic carbocycles. The van der Waals surface area contributed by atoms with Crippen molar-refractivity contribution in [2.45, 2.75) is 13.5 Å². The van der Waals surface area contributed by atoms with Crippen LogP contribution in [-0.2, 0) is 6.54 Å². The van der Waals surface area contributed by atoms with E-state index < -0.39 is 0 Å². The molecule has 0 aliphatic rings. The summed E-state index contributed by atoms with van der Waals surface area (Å²) >= 11 is 5.77. The lowest BCUT2D eigenvalue weighted by atomic mass is 10.2. The van der Waals surface area contributed by atoms with E-state index in [1.165, 1.54) is 0 Å². The maximum atomic E-state index is 9.12. The summed E-state index contributed by atoms with van der Waals surface area (Å²) in [6.07, 6.45) is 3.43. The fourth-order valence-electron chi connectivity index (χ4n) is 1.79. The highest BCUT2D eigenvalue weighted by Crippen LogP contribution is 2.18. The van der Waals surface area contributed by atoms with Gasteiger partial charge >= 0.3 is 0 Å². The van der Waals surface area contributed by atoms with E-state index in [0.29, 0.717) is 23.1 Å². The minimum atomic E-state index is 0.474. The molecule has 0 aliphatic heterocycles. The van der Waals surface area contributed by atoms with E-state index in [1.54, 1.807) is 30.6 Å². The third-order valence-corrected chi connectivity index (χ3v) is 2.97. The van der Waals surface area contributed by atoms with Gasteiger partial charge in [0.25, 0.3) is 0 Å². The van der Waals surface area contributed by atoms with Crippen LogP contribution in [0.4, 0.5) is 5.82 Å². The molecule has 19 heavy (non-hydrogen) atoms. The van der Waals surface area contributed by atoms with Crippen molar-refractivity contribution in [3.8, 4) is 6.07 Å². The Labute approximate surface area is 117 Å². The van der Waals surface area contributed by atoms with Crippen molar-refractivity contribution in [3.05, 3.63) is 52.9 Å². The van der Waals surface area contributed by atoms with E-state index in [-0.39, 0.29) is 0 Å². The van der Waals surface area contributed by atoms with E-state index in [0.717, 1.165) is 12.1 Å². The molecule has 2 rings (SSSR count). The van der Waals surface area contributed by atoms with Crippen molar-refractivity contribution in [1.82, 2.24) is 9.97 Å². The molecule has 2 aromatic heterocycles. The predicted molar refractivity (Wildman–Crippen MR) is 74.9 cm³/mol. The number of anilines is 1. The molecule has 0 N–H and O–H groups in total. The maximum Gasteiger partial charge on any atom is 0.146 e. The van der Waals surface area contributed by atoms with Gasteiger partial charge in [-0.1, -0.05) is 17.7 Å². The number of hydrogen-bond acceptors (Lipinski definition) is 4. The monoisotopic (exact) mass is 272 g/mol. The zero-order valence-electron chi connectivity index (χ0n) is 10.5. The molecule has 0 bridgehead atoms. The summed E-state index contributed by atoms with van der Waals surface area (Å²) in [5.41, 5.74) is 1.60. The quantitative estimate of drug-likeness (QED) is 0.803. The Morgan fingerprint density at radius 1 is 1.32 bits per heavy atom. The summed E-state index contributed by atoms with van der Waals surface area (Å²) in [5.74, 6) is 0.697. The van der Waals surface area contributed by atoms with Gasteiger partial charge in [0.15, 0.2) is 0 Å². The molecule has 5 heteroatoms. The van der Waals surface area contributed by atoms with E-state index in [4.69, 9.17) is 16.9 Å². The molecule has 0 radical (unpaired) electrons. The number of halogens is 1. The summed E-state index contributed by atoms with van der Waals surface area (Å²) in [4.78, 5) is 10.4. The van der Waals surface area contributed by atoms with Crippen LogP contribution in [0.1, 0.15) is 18.1 Å². The van der Waals surface area contributed by atoms with Crippen molar-refractivity contribution in [1.29, 1.82) is 5.26 Å². The standard InChI is InChI=1S/C14H13ClN4/c1-2-19(10-11-5-6-13(15)18-9-11)14-12(8-16)4-3-7-17-14/h3-7,9H,2,10H2,1H3. The lowest BCUT2D eigenvalue weighted by Crippen LogP contribution is -2.24. The number of pyridine rings is 2. The Morgan fingerprint density at radius 3 is 2.79 bits per heavy atom. The van der Waals surface area contributed by atoms with Crippen molar-refractivity contribution in [2.24, 2.45) is 0 Å². The average Bonchev–Trinajstić information content (AvgIpc) is 2.46. The van der Waals surface area contributed by atoms with Crippen LogP contribution in [-0.4, -0.2) is 16.5 Å². The second-order valence-corrected chi connectivity index (χ2v) is 4.38. The Hall–Kier alpha value is -2.12. The van der Waals surface area contributed by atoms with Crippen LogP contribution in [0.5, 0.6) is 0 Å². The molecule has 2 heterocycles. The molecule has 0 saturated heterocycles. The fraction of sp³-hybridized carbons (Fsp3) is 0.214. The molecule has 0 amide bonds. The lowest BCUT2D eigenvalue weighted by molar-refractivity contribution is 0.808. The van der Waals surface area contributed by atoms with Gasteiger partial charge in [0.1, 0.15) is 17.0 Å². The highest BCUT2D eigenvalue weighted by atomic mass is 35.5. The van der Waals surface area contributed by atoms with E-state index in [9.17, 15) is 0 Å².